The lowest BCUT2D eigenvalue weighted by atomic mass is 10.0. The zero-order valence-electron chi connectivity index (χ0n) is 15.7. The highest BCUT2D eigenvalue weighted by Crippen LogP contribution is 2.55. The first kappa shape index (κ1) is 26.1. The van der Waals surface area contributed by atoms with E-state index in [1.54, 1.807) is 0 Å². The summed E-state index contributed by atoms with van der Waals surface area (Å²) in [5.41, 5.74) is -1.83. The molecule has 1 saturated heterocycles. The number of phosphoric ester groups is 2. The van der Waals surface area contributed by atoms with E-state index in [0.717, 1.165) is 17.9 Å². The van der Waals surface area contributed by atoms with Gasteiger partial charge in [-0.3, -0.25) is 23.7 Å². The van der Waals surface area contributed by atoms with Crippen molar-refractivity contribution in [2.24, 2.45) is 7.05 Å². The van der Waals surface area contributed by atoms with Crippen molar-refractivity contribution >= 4 is 23.9 Å². The maximum absolute atomic E-state index is 11.9. The third kappa shape index (κ3) is 6.91. The maximum Gasteiger partial charge on any atom is 0.740 e. The smallest absolute Gasteiger partial charge is 0.387 e. The predicted octanol–water partition coefficient (Wildman–Crippen LogP) is -1.28. The van der Waals surface area contributed by atoms with Crippen LogP contribution in [0.4, 0.5) is 0 Å². The summed E-state index contributed by atoms with van der Waals surface area (Å²) in [6.07, 6.45) is -5.17. The van der Waals surface area contributed by atoms with Crippen LogP contribution in [0.1, 0.15) is 11.7 Å². The Labute approximate surface area is 173 Å². The molecule has 17 nitrogen and oxygen atoms in total. The van der Waals surface area contributed by atoms with Crippen LogP contribution in [-0.4, -0.2) is 61.6 Å². The molecule has 1 fully saturated rings. The van der Waals surface area contributed by atoms with E-state index in [1.807, 2.05) is 4.98 Å². The molecular formula is C11H18N2O15P3+. The molecule has 0 radical (unpaired) electrons. The number of H-pyrrole nitrogens is 1. The molecule has 1 aromatic heterocycles. The number of nitrogens with one attached hydrogen (secondary N) is 1. The fraction of sp³-hybridized carbons (Fsp3) is 0.636. The summed E-state index contributed by atoms with van der Waals surface area (Å²) < 4.78 is 60.4. The number of rotatable bonds is 10. The molecule has 7 atom stereocenters. The molecule has 1 aliphatic rings. The van der Waals surface area contributed by atoms with Gasteiger partial charge in [-0.15, -0.1) is 0 Å². The summed E-state index contributed by atoms with van der Waals surface area (Å²) >= 11 is 0. The Morgan fingerprint density at radius 1 is 1.23 bits per heavy atom. The zero-order chi connectivity index (χ0) is 23.6. The fourth-order valence-corrected chi connectivity index (χ4v) is 4.24. The Balaban J connectivity index is 1.99. The maximum atomic E-state index is 11.9. The lowest BCUT2D eigenvalue weighted by Gasteiger charge is -2.15. The molecule has 20 heteroatoms. The largest absolute Gasteiger partial charge is 0.740 e. The van der Waals surface area contributed by atoms with Crippen LogP contribution in [-0.2, 0) is 48.2 Å². The molecule has 7 unspecified atom stereocenters. The number of aromatic amines is 1. The van der Waals surface area contributed by atoms with Gasteiger partial charge >= 0.3 is 29.6 Å². The predicted molar refractivity (Wildman–Crippen MR) is 95.4 cm³/mol. The number of aryl methyl sites for hydroxylation is 1. The van der Waals surface area contributed by atoms with Gasteiger partial charge in [0.2, 0.25) is 0 Å². The van der Waals surface area contributed by atoms with E-state index in [-0.39, 0.29) is 5.56 Å². The molecule has 0 spiro atoms. The third-order valence-corrected chi connectivity index (χ3v) is 6.67. The SMILES string of the molecule is COP(=O)(O)OO[P+](=O)OP(=O)(O)OCC1OC(c2cn(C)c(=O)[nH]c2=O)C(O)C1O. The van der Waals surface area contributed by atoms with Gasteiger partial charge in [0.15, 0.2) is 0 Å². The third-order valence-electron chi connectivity index (χ3n) is 3.80. The summed E-state index contributed by atoms with van der Waals surface area (Å²) in [4.78, 5) is 43.7. The van der Waals surface area contributed by atoms with E-state index in [9.17, 15) is 38.4 Å². The van der Waals surface area contributed by atoms with Gasteiger partial charge in [0.05, 0.1) is 16.8 Å². The summed E-state index contributed by atoms with van der Waals surface area (Å²) in [5, 5.41) is 20.2. The van der Waals surface area contributed by atoms with Crippen molar-refractivity contribution in [3.8, 4) is 0 Å². The molecule has 2 rings (SSSR count). The second kappa shape index (κ2) is 10.2. The van der Waals surface area contributed by atoms with Gasteiger partial charge in [-0.1, -0.05) is 4.67 Å². The van der Waals surface area contributed by atoms with Crippen LogP contribution in [0.5, 0.6) is 0 Å². The topological polar surface area (TPSA) is 242 Å². The highest BCUT2D eigenvalue weighted by atomic mass is 31.2. The van der Waals surface area contributed by atoms with Gasteiger partial charge in [0.25, 0.3) is 5.56 Å². The molecule has 176 valence electrons. The van der Waals surface area contributed by atoms with Crippen LogP contribution in [0, 0.1) is 0 Å². The molecule has 31 heavy (non-hydrogen) atoms. The average molecular weight is 511 g/mol. The van der Waals surface area contributed by atoms with Gasteiger partial charge in [-0.05, 0) is 4.31 Å². The number of aliphatic hydroxyl groups excluding tert-OH is 2. The molecule has 0 amide bonds. The first-order valence-corrected chi connectivity index (χ1v) is 12.1. The van der Waals surface area contributed by atoms with E-state index in [2.05, 4.69) is 22.7 Å². The quantitative estimate of drug-likeness (QED) is 0.140. The van der Waals surface area contributed by atoms with Gasteiger partial charge in [-0.2, -0.15) is 0 Å². The first-order valence-electron chi connectivity index (χ1n) is 7.97. The van der Waals surface area contributed by atoms with E-state index in [0.29, 0.717) is 0 Å². The van der Waals surface area contributed by atoms with Gasteiger partial charge in [-0.25, -0.2) is 13.9 Å². The van der Waals surface area contributed by atoms with Crippen molar-refractivity contribution in [3.63, 3.8) is 0 Å². The molecule has 0 saturated carbocycles. The Morgan fingerprint density at radius 3 is 2.48 bits per heavy atom. The molecule has 5 N–H and O–H groups in total. The Kier molecular flexibility index (Phi) is 8.58. The molecule has 1 aromatic rings. The Morgan fingerprint density at radius 2 is 1.87 bits per heavy atom. The van der Waals surface area contributed by atoms with Crippen LogP contribution in [0.3, 0.4) is 0 Å². The van der Waals surface area contributed by atoms with Crippen molar-refractivity contribution in [1.82, 2.24) is 9.55 Å². The van der Waals surface area contributed by atoms with Gasteiger partial charge in [0.1, 0.15) is 24.4 Å². The second-order valence-electron chi connectivity index (χ2n) is 5.90. The highest BCUT2D eigenvalue weighted by Gasteiger charge is 2.47. The van der Waals surface area contributed by atoms with Gasteiger partial charge < -0.3 is 24.4 Å². The minimum Gasteiger partial charge on any atom is -0.387 e. The van der Waals surface area contributed by atoms with Crippen LogP contribution in [0.15, 0.2) is 15.8 Å². The first-order chi connectivity index (χ1) is 14.3. The fourth-order valence-electron chi connectivity index (χ4n) is 2.32. The van der Waals surface area contributed by atoms with Crippen molar-refractivity contribution in [3.05, 3.63) is 32.6 Å². The van der Waals surface area contributed by atoms with Crippen LogP contribution < -0.4 is 11.2 Å². The summed E-state index contributed by atoms with van der Waals surface area (Å²) in [5.74, 6) is 0. The number of aliphatic hydroxyl groups is 2. The van der Waals surface area contributed by atoms with Crippen LogP contribution in [0.2, 0.25) is 0 Å². The zero-order valence-corrected chi connectivity index (χ0v) is 18.3. The number of hydrogen-bond acceptors (Lipinski definition) is 13. The van der Waals surface area contributed by atoms with Crippen LogP contribution >= 0.6 is 23.9 Å². The summed E-state index contributed by atoms with van der Waals surface area (Å²) in [7, 11) is -11.4. The molecular weight excluding hydrogens is 493 g/mol. The molecule has 2 heterocycles. The van der Waals surface area contributed by atoms with Crippen molar-refractivity contribution in [2.75, 3.05) is 13.7 Å². The van der Waals surface area contributed by atoms with E-state index in [4.69, 9.17) is 9.63 Å². The van der Waals surface area contributed by atoms with Crippen molar-refractivity contribution in [2.45, 2.75) is 24.4 Å². The Hall–Kier alpha value is -1.16. The lowest BCUT2D eigenvalue weighted by Crippen LogP contribution is -2.35. The molecule has 0 aromatic carbocycles. The minimum absolute atomic E-state index is 0.209. The summed E-state index contributed by atoms with van der Waals surface area (Å²) in [6.45, 7) is -0.896. The normalized spacial score (nSPS) is 28.1. The number of aromatic nitrogens is 2. The number of nitrogens with zero attached hydrogens (tertiary/aromatic N) is 1. The minimum atomic E-state index is -5.14. The van der Waals surface area contributed by atoms with E-state index in [1.165, 1.54) is 7.05 Å². The van der Waals surface area contributed by atoms with Gasteiger partial charge in [0, 0.05) is 24.9 Å². The van der Waals surface area contributed by atoms with Crippen molar-refractivity contribution < 1.29 is 61.1 Å². The summed E-state index contributed by atoms with van der Waals surface area (Å²) in [6, 6.07) is 0. The van der Waals surface area contributed by atoms with Crippen LogP contribution in [0.25, 0.3) is 0 Å². The number of ether oxygens (including phenoxy) is 1. The van der Waals surface area contributed by atoms with Crippen molar-refractivity contribution in [1.29, 1.82) is 0 Å². The van der Waals surface area contributed by atoms with E-state index < -0.39 is 66.2 Å². The monoisotopic (exact) mass is 511 g/mol. The molecule has 0 bridgehead atoms. The Bertz CT molecular complexity index is 1020. The molecule has 1 aliphatic heterocycles. The second-order valence-corrected chi connectivity index (χ2v) is 9.80. The number of phosphoric acid groups is 2. The lowest BCUT2D eigenvalue weighted by molar-refractivity contribution is -0.126. The highest BCUT2D eigenvalue weighted by molar-refractivity contribution is 7.56. The average Bonchev–Trinajstić information content (AvgIpc) is 2.96. The van der Waals surface area contributed by atoms with E-state index >= 15 is 0 Å². The molecule has 0 aliphatic carbocycles. The standard InChI is InChI=1S/C11H17N2O15P3/c1-13-3-5(10(16)12-11(13)17)9-8(15)7(14)6(25-9)4-24-31(21,22)28-29(18)26-27-30(19,20)23-2/h3,6-9,14-15H,4H2,1-2H3,(H2-,12,16,17,19,20,21,22)/p+1. The number of hydrogen-bond donors (Lipinski definition) is 5.